The van der Waals surface area contributed by atoms with Crippen LogP contribution in [0.4, 0.5) is 5.69 Å². The van der Waals surface area contributed by atoms with Crippen LogP contribution >= 0.6 is 12.6 Å². The molecule has 0 aromatic heterocycles. The van der Waals surface area contributed by atoms with Gasteiger partial charge in [0.1, 0.15) is 0 Å². The highest BCUT2D eigenvalue weighted by Gasteiger charge is 1.86. The third-order valence-corrected chi connectivity index (χ3v) is 1.28. The smallest absolute Gasteiger partial charge is 0.211 e. The Morgan fingerprint density at radius 1 is 1.30 bits per heavy atom. The fraction of sp³-hybridized carbons (Fsp3) is 0. The summed E-state index contributed by atoms with van der Waals surface area (Å²) in [5, 5.41) is 0. The molecule has 0 bridgehead atoms. The number of hydrogen-bond acceptors (Lipinski definition) is 2. The molecule has 0 spiro atoms. The number of hydrogen-bond donors (Lipinski definition) is 0. The number of carbonyl (C=O) groups excluding carboxylic acids is 1. The molecule has 0 saturated heterocycles. The van der Waals surface area contributed by atoms with Crippen molar-refractivity contribution in [3.63, 3.8) is 0 Å². The molecule has 0 N–H and O–H groups in total. The number of rotatable bonds is 1. The van der Waals surface area contributed by atoms with Crippen LogP contribution in [-0.2, 0) is 4.79 Å². The van der Waals surface area contributed by atoms with E-state index in [2.05, 4.69) is 4.99 Å². The van der Waals surface area contributed by atoms with Crippen molar-refractivity contribution in [2.45, 2.75) is 4.90 Å². The van der Waals surface area contributed by atoms with E-state index >= 15 is 0 Å². The quantitative estimate of drug-likeness (QED) is 0.445. The molecule has 0 aliphatic carbocycles. The number of aliphatic imine (C=N–C) groups is 1. The molecule has 1 radical (unpaired) electrons. The summed E-state index contributed by atoms with van der Waals surface area (Å²) < 4.78 is 0. The Kier molecular flexibility index (Phi) is 2.15. The SMILES string of the molecule is O=C=Nc1ccc([S])cc1. The summed E-state index contributed by atoms with van der Waals surface area (Å²) in [6, 6.07) is 6.78. The van der Waals surface area contributed by atoms with Crippen LogP contribution < -0.4 is 0 Å². The van der Waals surface area contributed by atoms with E-state index < -0.39 is 0 Å². The van der Waals surface area contributed by atoms with Crippen molar-refractivity contribution in [1.82, 2.24) is 0 Å². The molecule has 0 atom stereocenters. The largest absolute Gasteiger partial charge is 0.240 e. The molecule has 0 aliphatic heterocycles. The van der Waals surface area contributed by atoms with Crippen LogP contribution in [0.2, 0.25) is 0 Å². The molecule has 2 nitrogen and oxygen atoms in total. The van der Waals surface area contributed by atoms with Gasteiger partial charge in [0.05, 0.1) is 5.69 Å². The molecule has 1 aromatic rings. The third kappa shape index (κ3) is 1.65. The van der Waals surface area contributed by atoms with E-state index in [4.69, 9.17) is 12.6 Å². The molecular formula is C7H4NOS. The first-order chi connectivity index (χ1) is 4.83. The predicted octanol–water partition coefficient (Wildman–Crippen LogP) is 2.21. The van der Waals surface area contributed by atoms with Crippen molar-refractivity contribution in [2.24, 2.45) is 4.99 Å². The van der Waals surface area contributed by atoms with Crippen molar-refractivity contribution >= 4 is 24.4 Å². The maximum Gasteiger partial charge on any atom is 0.240 e. The first kappa shape index (κ1) is 6.93. The fourth-order valence-electron chi connectivity index (χ4n) is 0.573. The number of benzene rings is 1. The van der Waals surface area contributed by atoms with Crippen LogP contribution in [0, 0.1) is 0 Å². The van der Waals surface area contributed by atoms with Gasteiger partial charge in [-0.2, -0.15) is 4.99 Å². The van der Waals surface area contributed by atoms with Gasteiger partial charge < -0.3 is 0 Å². The molecule has 0 amide bonds. The van der Waals surface area contributed by atoms with E-state index in [0.717, 1.165) is 4.90 Å². The van der Waals surface area contributed by atoms with E-state index in [1.54, 1.807) is 24.3 Å². The maximum atomic E-state index is 9.74. The Labute approximate surface area is 64.0 Å². The van der Waals surface area contributed by atoms with Gasteiger partial charge in [-0.25, -0.2) is 4.79 Å². The Morgan fingerprint density at radius 3 is 2.40 bits per heavy atom. The van der Waals surface area contributed by atoms with Gasteiger partial charge in [0.25, 0.3) is 0 Å². The second-order valence-electron chi connectivity index (χ2n) is 1.70. The lowest BCUT2D eigenvalue weighted by Gasteiger charge is -1.88. The van der Waals surface area contributed by atoms with E-state index in [9.17, 15) is 4.79 Å². The van der Waals surface area contributed by atoms with Gasteiger partial charge in [-0.05, 0) is 24.3 Å². The van der Waals surface area contributed by atoms with Gasteiger partial charge in [-0.1, -0.05) is 12.6 Å². The molecule has 49 valence electrons. The Balaban J connectivity index is 3.00. The van der Waals surface area contributed by atoms with Crippen molar-refractivity contribution in [3.8, 4) is 0 Å². The summed E-state index contributed by atoms with van der Waals surface area (Å²) in [6.07, 6.45) is 1.44. The minimum atomic E-state index is 0.587. The minimum absolute atomic E-state index is 0.587. The van der Waals surface area contributed by atoms with Crippen molar-refractivity contribution < 1.29 is 4.79 Å². The van der Waals surface area contributed by atoms with Crippen molar-refractivity contribution in [1.29, 1.82) is 0 Å². The molecule has 0 saturated carbocycles. The number of isocyanates is 1. The van der Waals surface area contributed by atoms with Crippen LogP contribution in [0.1, 0.15) is 0 Å². The van der Waals surface area contributed by atoms with E-state index in [1.165, 1.54) is 6.08 Å². The van der Waals surface area contributed by atoms with Gasteiger partial charge in [-0.15, -0.1) is 0 Å². The first-order valence-electron chi connectivity index (χ1n) is 2.68. The predicted molar refractivity (Wildman–Crippen MR) is 40.1 cm³/mol. The van der Waals surface area contributed by atoms with Gasteiger partial charge in [-0.3, -0.25) is 0 Å². The molecule has 3 heteroatoms. The van der Waals surface area contributed by atoms with Crippen LogP contribution in [0.3, 0.4) is 0 Å². The normalized spacial score (nSPS) is 8.40. The Bertz CT molecular complexity index is 261. The van der Waals surface area contributed by atoms with Gasteiger partial charge >= 0.3 is 0 Å². The molecule has 0 fully saturated rings. The van der Waals surface area contributed by atoms with Crippen molar-refractivity contribution in [2.75, 3.05) is 0 Å². The summed E-state index contributed by atoms with van der Waals surface area (Å²) in [5.41, 5.74) is 0.587. The molecule has 0 unspecified atom stereocenters. The lowest BCUT2D eigenvalue weighted by atomic mass is 10.3. The van der Waals surface area contributed by atoms with E-state index in [-0.39, 0.29) is 0 Å². The monoisotopic (exact) mass is 150 g/mol. The van der Waals surface area contributed by atoms with Gasteiger partial charge in [0.15, 0.2) is 0 Å². The minimum Gasteiger partial charge on any atom is -0.211 e. The first-order valence-corrected chi connectivity index (χ1v) is 3.09. The second kappa shape index (κ2) is 3.11. The highest BCUT2D eigenvalue weighted by molar-refractivity contribution is 7.80. The zero-order chi connectivity index (χ0) is 7.40. The summed E-state index contributed by atoms with van der Waals surface area (Å²) in [5.74, 6) is 0. The van der Waals surface area contributed by atoms with Crippen molar-refractivity contribution in [3.05, 3.63) is 24.3 Å². The average Bonchev–Trinajstić information content (AvgIpc) is 1.95. The number of nitrogens with zero attached hydrogens (tertiary/aromatic N) is 1. The molecule has 0 heterocycles. The molecular weight excluding hydrogens is 146 g/mol. The third-order valence-electron chi connectivity index (χ3n) is 1.01. The van der Waals surface area contributed by atoms with Gasteiger partial charge in [0.2, 0.25) is 6.08 Å². The highest BCUT2D eigenvalue weighted by atomic mass is 32.1. The van der Waals surface area contributed by atoms with E-state index in [0.29, 0.717) is 5.69 Å². The van der Waals surface area contributed by atoms with Crippen LogP contribution in [0.25, 0.3) is 0 Å². The molecule has 0 aliphatic rings. The molecule has 1 rings (SSSR count). The van der Waals surface area contributed by atoms with E-state index in [1.807, 2.05) is 0 Å². The summed E-state index contributed by atoms with van der Waals surface area (Å²) in [4.78, 5) is 13.9. The second-order valence-corrected chi connectivity index (χ2v) is 2.17. The Hall–Kier alpha value is -1.18. The maximum absolute atomic E-state index is 9.74. The average molecular weight is 150 g/mol. The topological polar surface area (TPSA) is 29.4 Å². The van der Waals surface area contributed by atoms with Gasteiger partial charge in [0, 0.05) is 4.90 Å². The Morgan fingerprint density at radius 2 is 1.90 bits per heavy atom. The van der Waals surface area contributed by atoms with Crippen LogP contribution in [-0.4, -0.2) is 6.08 Å². The highest BCUT2D eigenvalue weighted by Crippen LogP contribution is 2.13. The zero-order valence-corrected chi connectivity index (χ0v) is 5.89. The summed E-state index contributed by atoms with van der Waals surface area (Å²) >= 11 is 4.82. The fourth-order valence-corrected chi connectivity index (χ4v) is 0.709. The van der Waals surface area contributed by atoms with Crippen LogP contribution in [0.5, 0.6) is 0 Å². The lowest BCUT2D eigenvalue weighted by molar-refractivity contribution is 0.565. The lowest BCUT2D eigenvalue weighted by Crippen LogP contribution is -1.63. The molecule has 1 aromatic carbocycles. The van der Waals surface area contributed by atoms with Crippen LogP contribution in [0.15, 0.2) is 34.2 Å². The zero-order valence-electron chi connectivity index (χ0n) is 5.07. The summed E-state index contributed by atoms with van der Waals surface area (Å²) in [7, 11) is 0. The summed E-state index contributed by atoms with van der Waals surface area (Å²) in [6.45, 7) is 0. The molecule has 10 heavy (non-hydrogen) atoms. The standard InChI is InChI=1S/C7H4NOS/c9-5-8-6-1-3-7(10)4-2-6/h1-4H.